The van der Waals surface area contributed by atoms with E-state index >= 15 is 0 Å². The maximum Gasteiger partial charge on any atom is 0.252 e. The van der Waals surface area contributed by atoms with Crippen molar-refractivity contribution in [3.63, 3.8) is 0 Å². The third kappa shape index (κ3) is 3.90. The van der Waals surface area contributed by atoms with Crippen LogP contribution in [0.3, 0.4) is 0 Å². The topological polar surface area (TPSA) is 51.2 Å². The van der Waals surface area contributed by atoms with Crippen molar-refractivity contribution in [2.45, 2.75) is 51.9 Å². The van der Waals surface area contributed by atoms with E-state index in [9.17, 15) is 4.79 Å². The number of pyridine rings is 1. The molecule has 1 N–H and O–H groups in total. The second-order valence-corrected chi connectivity index (χ2v) is 7.77. The highest BCUT2D eigenvalue weighted by molar-refractivity contribution is 6.07. The molecule has 0 unspecified atom stereocenters. The van der Waals surface area contributed by atoms with Crippen molar-refractivity contribution < 1.29 is 9.53 Å². The average Bonchev–Trinajstić information content (AvgIpc) is 3.47. The average molecular weight is 352 g/mol. The summed E-state index contributed by atoms with van der Waals surface area (Å²) in [7, 11) is 0. The summed E-state index contributed by atoms with van der Waals surface area (Å²) >= 11 is 0. The van der Waals surface area contributed by atoms with Gasteiger partial charge in [-0.25, -0.2) is 0 Å². The molecule has 1 saturated carbocycles. The van der Waals surface area contributed by atoms with E-state index in [1.807, 2.05) is 6.07 Å². The first-order valence-corrected chi connectivity index (χ1v) is 10.0. The standard InChI is InChI=1S/C22H28N2O2/c1-15-7-10-20-18(13-15)21(17-5-2-3-6-19(17)24-20)22(25)23-11-4-12-26-14-16-8-9-16/h7,10,13,16H,2-6,8-9,11-12,14H2,1H3,(H,23,25). The quantitative estimate of drug-likeness (QED) is 0.767. The van der Waals surface area contributed by atoms with Crippen molar-refractivity contribution in [3.05, 3.63) is 40.6 Å². The summed E-state index contributed by atoms with van der Waals surface area (Å²) in [5.74, 6) is 0.839. The number of ether oxygens (including phenoxy) is 1. The Bertz CT molecular complexity index is 811. The maximum atomic E-state index is 13.0. The van der Waals surface area contributed by atoms with Gasteiger partial charge in [0, 0.05) is 30.8 Å². The lowest BCUT2D eigenvalue weighted by Gasteiger charge is -2.20. The number of aryl methyl sites for hydroxylation is 2. The number of hydrogen-bond donors (Lipinski definition) is 1. The minimum atomic E-state index is 0.0448. The first-order valence-electron chi connectivity index (χ1n) is 10.0. The van der Waals surface area contributed by atoms with Gasteiger partial charge in [0.05, 0.1) is 11.1 Å². The van der Waals surface area contributed by atoms with Crippen molar-refractivity contribution in [3.8, 4) is 0 Å². The molecule has 0 bridgehead atoms. The highest BCUT2D eigenvalue weighted by Crippen LogP contribution is 2.30. The van der Waals surface area contributed by atoms with E-state index in [4.69, 9.17) is 9.72 Å². The largest absolute Gasteiger partial charge is 0.381 e. The van der Waals surface area contributed by atoms with Crippen LogP contribution in [0, 0.1) is 12.8 Å². The Morgan fingerprint density at radius 1 is 1.27 bits per heavy atom. The van der Waals surface area contributed by atoms with Crippen LogP contribution in [0.4, 0.5) is 0 Å². The Balaban J connectivity index is 1.49. The SMILES string of the molecule is Cc1ccc2nc3c(c(C(=O)NCCCOCC4CC4)c2c1)CCCC3. The van der Waals surface area contributed by atoms with Gasteiger partial charge in [-0.1, -0.05) is 11.6 Å². The Hall–Kier alpha value is -1.94. The summed E-state index contributed by atoms with van der Waals surface area (Å²) in [4.78, 5) is 17.9. The predicted octanol–water partition coefficient (Wildman–Crippen LogP) is 3.97. The predicted molar refractivity (Wildman–Crippen MR) is 104 cm³/mol. The molecule has 0 aliphatic heterocycles. The molecular weight excluding hydrogens is 324 g/mol. The van der Waals surface area contributed by atoms with Crippen LogP contribution in [0.5, 0.6) is 0 Å². The summed E-state index contributed by atoms with van der Waals surface area (Å²) in [5, 5.41) is 4.11. The Morgan fingerprint density at radius 3 is 2.96 bits per heavy atom. The zero-order valence-electron chi connectivity index (χ0n) is 15.6. The van der Waals surface area contributed by atoms with Gasteiger partial charge < -0.3 is 10.1 Å². The lowest BCUT2D eigenvalue weighted by atomic mass is 9.89. The van der Waals surface area contributed by atoms with Gasteiger partial charge in [-0.2, -0.15) is 0 Å². The minimum Gasteiger partial charge on any atom is -0.381 e. The van der Waals surface area contributed by atoms with Gasteiger partial charge in [-0.3, -0.25) is 9.78 Å². The van der Waals surface area contributed by atoms with E-state index in [-0.39, 0.29) is 5.91 Å². The minimum absolute atomic E-state index is 0.0448. The summed E-state index contributed by atoms with van der Waals surface area (Å²) < 4.78 is 5.66. The molecule has 2 aliphatic carbocycles. The molecule has 4 heteroatoms. The van der Waals surface area contributed by atoms with Crippen molar-refractivity contribution >= 4 is 16.8 Å². The number of carbonyl (C=O) groups is 1. The number of benzene rings is 1. The molecule has 2 aromatic rings. The van der Waals surface area contributed by atoms with Gasteiger partial charge in [-0.15, -0.1) is 0 Å². The molecule has 1 fully saturated rings. The van der Waals surface area contributed by atoms with Crippen LogP contribution >= 0.6 is 0 Å². The van der Waals surface area contributed by atoms with E-state index in [2.05, 4.69) is 24.4 Å². The summed E-state index contributed by atoms with van der Waals surface area (Å²) in [6.07, 6.45) is 7.74. The molecule has 1 heterocycles. The lowest BCUT2D eigenvalue weighted by molar-refractivity contribution is 0.0937. The number of hydrogen-bond acceptors (Lipinski definition) is 3. The molecular formula is C22H28N2O2. The van der Waals surface area contributed by atoms with Crippen molar-refractivity contribution in [1.29, 1.82) is 0 Å². The van der Waals surface area contributed by atoms with Gasteiger partial charge >= 0.3 is 0 Å². The lowest BCUT2D eigenvalue weighted by Crippen LogP contribution is -2.28. The molecule has 0 spiro atoms. The molecule has 4 rings (SSSR count). The zero-order chi connectivity index (χ0) is 17.9. The fraction of sp³-hybridized carbons (Fsp3) is 0.545. The number of nitrogens with zero attached hydrogens (tertiary/aromatic N) is 1. The molecule has 26 heavy (non-hydrogen) atoms. The number of aromatic nitrogens is 1. The molecule has 0 saturated heterocycles. The fourth-order valence-electron chi connectivity index (χ4n) is 3.80. The molecule has 1 aromatic carbocycles. The Labute approximate surface area is 155 Å². The number of amides is 1. The Morgan fingerprint density at radius 2 is 2.12 bits per heavy atom. The first kappa shape index (κ1) is 17.5. The van der Waals surface area contributed by atoms with Gasteiger partial charge in [0.2, 0.25) is 0 Å². The van der Waals surface area contributed by atoms with Gasteiger partial charge in [0.1, 0.15) is 0 Å². The van der Waals surface area contributed by atoms with Crippen LogP contribution in [-0.4, -0.2) is 30.6 Å². The third-order valence-electron chi connectivity index (χ3n) is 5.45. The number of carbonyl (C=O) groups excluding carboxylic acids is 1. The Kier molecular flexibility index (Phi) is 5.21. The van der Waals surface area contributed by atoms with Crippen LogP contribution in [0.2, 0.25) is 0 Å². The van der Waals surface area contributed by atoms with Crippen molar-refractivity contribution in [2.24, 2.45) is 5.92 Å². The zero-order valence-corrected chi connectivity index (χ0v) is 15.6. The van der Waals surface area contributed by atoms with E-state index in [0.29, 0.717) is 6.54 Å². The van der Waals surface area contributed by atoms with Crippen LogP contribution in [0.25, 0.3) is 10.9 Å². The molecule has 1 amide bonds. The second kappa shape index (κ2) is 7.75. The van der Waals surface area contributed by atoms with E-state index in [0.717, 1.165) is 84.5 Å². The smallest absolute Gasteiger partial charge is 0.252 e. The first-order chi connectivity index (χ1) is 12.7. The van der Waals surface area contributed by atoms with E-state index < -0.39 is 0 Å². The van der Waals surface area contributed by atoms with Crippen LogP contribution in [0.1, 0.15) is 59.3 Å². The van der Waals surface area contributed by atoms with Gasteiger partial charge in [-0.05, 0) is 75.5 Å². The number of rotatable bonds is 7. The summed E-state index contributed by atoms with van der Waals surface area (Å²) in [5.41, 5.74) is 5.24. The van der Waals surface area contributed by atoms with E-state index in [1.54, 1.807) is 0 Å². The molecule has 0 atom stereocenters. The van der Waals surface area contributed by atoms with Crippen LogP contribution in [-0.2, 0) is 17.6 Å². The van der Waals surface area contributed by atoms with E-state index in [1.165, 1.54) is 12.8 Å². The summed E-state index contributed by atoms with van der Waals surface area (Å²) in [6, 6.07) is 6.22. The van der Waals surface area contributed by atoms with Crippen LogP contribution < -0.4 is 5.32 Å². The number of nitrogens with one attached hydrogen (secondary N) is 1. The summed E-state index contributed by atoms with van der Waals surface area (Å²) in [6.45, 7) is 4.34. The molecule has 4 nitrogen and oxygen atoms in total. The maximum absolute atomic E-state index is 13.0. The highest BCUT2D eigenvalue weighted by Gasteiger charge is 2.23. The normalized spacial score (nSPS) is 16.5. The number of fused-ring (bicyclic) bond motifs is 2. The molecule has 1 aromatic heterocycles. The van der Waals surface area contributed by atoms with Crippen molar-refractivity contribution in [2.75, 3.05) is 19.8 Å². The fourth-order valence-corrected chi connectivity index (χ4v) is 3.80. The second-order valence-electron chi connectivity index (χ2n) is 7.77. The van der Waals surface area contributed by atoms with Crippen molar-refractivity contribution in [1.82, 2.24) is 10.3 Å². The van der Waals surface area contributed by atoms with Gasteiger partial charge in [0.15, 0.2) is 0 Å². The van der Waals surface area contributed by atoms with Crippen LogP contribution in [0.15, 0.2) is 18.2 Å². The van der Waals surface area contributed by atoms with Gasteiger partial charge in [0.25, 0.3) is 5.91 Å². The molecule has 0 radical (unpaired) electrons. The third-order valence-corrected chi connectivity index (χ3v) is 5.45. The molecule has 2 aliphatic rings. The monoisotopic (exact) mass is 352 g/mol. The molecule has 138 valence electrons. The highest BCUT2D eigenvalue weighted by atomic mass is 16.5.